The van der Waals surface area contributed by atoms with Gasteiger partial charge in [0.1, 0.15) is 11.3 Å². The summed E-state index contributed by atoms with van der Waals surface area (Å²) in [5, 5.41) is 0. The minimum absolute atomic E-state index is 0.116. The van der Waals surface area contributed by atoms with Gasteiger partial charge < -0.3 is 19.8 Å². The molecule has 1 aliphatic rings. The van der Waals surface area contributed by atoms with E-state index in [0.717, 1.165) is 36.4 Å². The number of nitrogens with zero attached hydrogens (tertiary/aromatic N) is 2. The predicted octanol–water partition coefficient (Wildman–Crippen LogP) is 2.83. The van der Waals surface area contributed by atoms with Crippen LogP contribution in [0.4, 0.5) is 5.95 Å². The van der Waals surface area contributed by atoms with Crippen LogP contribution >= 0.6 is 0 Å². The van der Waals surface area contributed by atoms with Crippen LogP contribution in [0, 0.1) is 5.92 Å². The lowest BCUT2D eigenvalue weighted by atomic mass is 10.0. The molecule has 0 amide bonds. The van der Waals surface area contributed by atoms with Crippen LogP contribution in [0.25, 0.3) is 11.0 Å². The largest absolute Gasteiger partial charge is 0.489 e. The summed E-state index contributed by atoms with van der Waals surface area (Å²) in [6, 6.07) is 5.99. The fourth-order valence-electron chi connectivity index (χ4n) is 2.93. The van der Waals surface area contributed by atoms with Crippen molar-refractivity contribution >= 4 is 17.0 Å². The smallest absolute Gasteiger partial charge is 0.201 e. The van der Waals surface area contributed by atoms with Crippen LogP contribution in [-0.2, 0) is 11.3 Å². The molecule has 1 aliphatic heterocycles. The van der Waals surface area contributed by atoms with E-state index in [-0.39, 0.29) is 12.2 Å². The predicted molar refractivity (Wildman–Crippen MR) is 83.4 cm³/mol. The summed E-state index contributed by atoms with van der Waals surface area (Å²) in [5.74, 6) is 1.83. The van der Waals surface area contributed by atoms with Gasteiger partial charge in [-0.3, -0.25) is 0 Å². The Balaban J connectivity index is 1.97. The van der Waals surface area contributed by atoms with E-state index in [1.807, 2.05) is 32.0 Å². The molecule has 1 aromatic carbocycles. The number of anilines is 1. The number of imidazole rings is 1. The number of nitrogen functional groups attached to an aromatic ring is 1. The van der Waals surface area contributed by atoms with Crippen molar-refractivity contribution in [3.63, 3.8) is 0 Å². The average molecular weight is 289 g/mol. The number of hydrogen-bond acceptors (Lipinski definition) is 4. The van der Waals surface area contributed by atoms with Gasteiger partial charge in [0.2, 0.25) is 5.95 Å². The topological polar surface area (TPSA) is 62.3 Å². The van der Waals surface area contributed by atoms with Crippen LogP contribution in [0.5, 0.6) is 5.75 Å². The normalized spacial score (nSPS) is 22.3. The third kappa shape index (κ3) is 2.70. The average Bonchev–Trinajstić information content (AvgIpc) is 2.96. The standard InChI is InChI=1S/C16H23N3O2/c1-10(2)21-14-6-4-5-13-15(14)18-16(17)19(13)9-12-7-8-20-11(12)3/h4-6,10-12H,7-9H2,1-3H3,(H2,17,18). The second-order valence-electron chi connectivity index (χ2n) is 6.00. The Morgan fingerprint density at radius 3 is 2.95 bits per heavy atom. The molecule has 2 aromatic rings. The molecule has 2 N–H and O–H groups in total. The molecule has 0 bridgehead atoms. The van der Waals surface area contributed by atoms with Crippen LogP contribution in [0.15, 0.2) is 18.2 Å². The molecule has 2 unspecified atom stereocenters. The van der Waals surface area contributed by atoms with Crippen molar-refractivity contribution in [3.8, 4) is 5.75 Å². The molecule has 1 fully saturated rings. The van der Waals surface area contributed by atoms with Crippen molar-refractivity contribution in [3.05, 3.63) is 18.2 Å². The first-order valence-corrected chi connectivity index (χ1v) is 7.59. The zero-order valence-corrected chi connectivity index (χ0v) is 12.9. The van der Waals surface area contributed by atoms with E-state index < -0.39 is 0 Å². The van der Waals surface area contributed by atoms with Gasteiger partial charge in [0.25, 0.3) is 0 Å². The van der Waals surface area contributed by atoms with Crippen molar-refractivity contribution in [2.75, 3.05) is 12.3 Å². The molecule has 3 rings (SSSR count). The Morgan fingerprint density at radius 1 is 1.48 bits per heavy atom. The summed E-state index contributed by atoms with van der Waals surface area (Å²) in [6.07, 6.45) is 1.46. The molecule has 0 radical (unpaired) electrons. The number of aromatic nitrogens is 2. The maximum atomic E-state index is 6.13. The van der Waals surface area contributed by atoms with Gasteiger partial charge in [-0.1, -0.05) is 6.07 Å². The van der Waals surface area contributed by atoms with Crippen LogP contribution in [0.3, 0.4) is 0 Å². The van der Waals surface area contributed by atoms with Crippen molar-refractivity contribution in [1.82, 2.24) is 9.55 Å². The molecular weight excluding hydrogens is 266 g/mol. The molecule has 114 valence electrons. The summed E-state index contributed by atoms with van der Waals surface area (Å²) in [7, 11) is 0. The lowest BCUT2D eigenvalue weighted by Crippen LogP contribution is -2.19. The molecule has 1 saturated heterocycles. The highest BCUT2D eigenvalue weighted by atomic mass is 16.5. The van der Waals surface area contributed by atoms with Gasteiger partial charge >= 0.3 is 0 Å². The van der Waals surface area contributed by atoms with E-state index >= 15 is 0 Å². The molecule has 5 nitrogen and oxygen atoms in total. The first kappa shape index (κ1) is 14.2. The Morgan fingerprint density at radius 2 is 2.29 bits per heavy atom. The van der Waals surface area contributed by atoms with Crippen molar-refractivity contribution in [2.24, 2.45) is 5.92 Å². The minimum Gasteiger partial charge on any atom is -0.489 e. The maximum Gasteiger partial charge on any atom is 0.201 e. The molecule has 5 heteroatoms. The van der Waals surface area contributed by atoms with E-state index in [9.17, 15) is 0 Å². The molecule has 1 aromatic heterocycles. The first-order chi connectivity index (χ1) is 10.1. The third-order valence-electron chi connectivity index (χ3n) is 4.08. The molecular formula is C16H23N3O2. The minimum atomic E-state index is 0.116. The maximum absolute atomic E-state index is 6.13. The fourth-order valence-corrected chi connectivity index (χ4v) is 2.93. The fraction of sp³-hybridized carbons (Fsp3) is 0.562. The first-order valence-electron chi connectivity index (χ1n) is 7.59. The number of rotatable bonds is 4. The van der Waals surface area contributed by atoms with Gasteiger partial charge in [0.15, 0.2) is 0 Å². The second kappa shape index (κ2) is 5.56. The van der Waals surface area contributed by atoms with Gasteiger partial charge in [-0.15, -0.1) is 0 Å². The van der Waals surface area contributed by atoms with Gasteiger partial charge in [0, 0.05) is 19.1 Å². The van der Waals surface area contributed by atoms with E-state index in [4.69, 9.17) is 15.2 Å². The highest BCUT2D eigenvalue weighted by molar-refractivity contribution is 5.84. The quantitative estimate of drug-likeness (QED) is 0.940. The van der Waals surface area contributed by atoms with E-state index in [1.54, 1.807) is 0 Å². The Hall–Kier alpha value is -1.75. The van der Waals surface area contributed by atoms with Crippen LogP contribution in [-0.4, -0.2) is 28.4 Å². The van der Waals surface area contributed by atoms with Gasteiger partial charge in [-0.05, 0) is 39.3 Å². The number of ether oxygens (including phenoxy) is 2. The molecule has 21 heavy (non-hydrogen) atoms. The van der Waals surface area contributed by atoms with E-state index in [1.165, 1.54) is 0 Å². The van der Waals surface area contributed by atoms with Crippen molar-refractivity contribution in [1.29, 1.82) is 0 Å². The Labute approximate surface area is 125 Å². The second-order valence-corrected chi connectivity index (χ2v) is 6.00. The SMILES string of the molecule is CC(C)Oc1cccc2c1nc(N)n2CC1CCOC1C. The number of para-hydroxylation sites is 1. The molecule has 2 heterocycles. The molecule has 0 aliphatic carbocycles. The lowest BCUT2D eigenvalue weighted by Gasteiger charge is -2.16. The summed E-state index contributed by atoms with van der Waals surface area (Å²) in [6.45, 7) is 7.82. The number of hydrogen-bond donors (Lipinski definition) is 1. The van der Waals surface area contributed by atoms with Gasteiger partial charge in [-0.25, -0.2) is 4.98 Å². The van der Waals surface area contributed by atoms with Gasteiger partial charge in [0.05, 0.1) is 17.7 Å². The molecule has 2 atom stereocenters. The van der Waals surface area contributed by atoms with Crippen LogP contribution < -0.4 is 10.5 Å². The van der Waals surface area contributed by atoms with Crippen LogP contribution in [0.1, 0.15) is 27.2 Å². The zero-order chi connectivity index (χ0) is 15.0. The monoisotopic (exact) mass is 289 g/mol. The summed E-state index contributed by atoms with van der Waals surface area (Å²) in [4.78, 5) is 4.51. The summed E-state index contributed by atoms with van der Waals surface area (Å²) >= 11 is 0. The zero-order valence-electron chi connectivity index (χ0n) is 12.9. The third-order valence-corrected chi connectivity index (χ3v) is 4.08. The van der Waals surface area contributed by atoms with Crippen molar-refractivity contribution in [2.45, 2.75) is 45.9 Å². The molecule has 0 spiro atoms. The highest BCUT2D eigenvalue weighted by Gasteiger charge is 2.26. The Bertz CT molecular complexity index is 636. The number of fused-ring (bicyclic) bond motifs is 1. The molecule has 0 saturated carbocycles. The summed E-state index contributed by atoms with van der Waals surface area (Å²) in [5.41, 5.74) is 8.01. The van der Waals surface area contributed by atoms with E-state index in [0.29, 0.717) is 11.9 Å². The number of benzene rings is 1. The van der Waals surface area contributed by atoms with Crippen molar-refractivity contribution < 1.29 is 9.47 Å². The Kier molecular flexibility index (Phi) is 3.76. The highest BCUT2D eigenvalue weighted by Crippen LogP contribution is 2.30. The van der Waals surface area contributed by atoms with E-state index in [2.05, 4.69) is 16.5 Å². The number of nitrogens with two attached hydrogens (primary N) is 1. The van der Waals surface area contributed by atoms with Crippen LogP contribution in [0.2, 0.25) is 0 Å². The summed E-state index contributed by atoms with van der Waals surface area (Å²) < 4.78 is 13.6. The lowest BCUT2D eigenvalue weighted by molar-refractivity contribution is 0.102. The van der Waals surface area contributed by atoms with Gasteiger partial charge in [-0.2, -0.15) is 0 Å².